The average molecular weight is 328 g/mol. The third-order valence-corrected chi connectivity index (χ3v) is 3.00. The van der Waals surface area contributed by atoms with Crippen LogP contribution in [0.2, 0.25) is 0 Å². The second kappa shape index (κ2) is 9.43. The molecule has 0 bridgehead atoms. The molecule has 0 aromatic heterocycles. The summed E-state index contributed by atoms with van der Waals surface area (Å²) in [4.78, 5) is 23.7. The molecule has 0 spiro atoms. The summed E-state index contributed by atoms with van der Waals surface area (Å²) in [7, 11) is 0. The monoisotopic (exact) mass is 327 g/mol. The molecule has 1 aromatic carbocycles. The van der Waals surface area contributed by atoms with Crippen LogP contribution in [0, 0.1) is 6.92 Å². The fraction of sp³-hybridized carbons (Fsp3) is 0.500. The topological polar surface area (TPSA) is 84.2 Å². The van der Waals surface area contributed by atoms with Gasteiger partial charge in [-0.25, -0.2) is 0 Å². The lowest BCUT2D eigenvalue weighted by Crippen LogP contribution is -2.30. The van der Waals surface area contributed by atoms with Crippen molar-refractivity contribution >= 4 is 29.9 Å². The minimum Gasteiger partial charge on any atom is -0.350 e. The molecule has 1 unspecified atom stereocenters. The van der Waals surface area contributed by atoms with Gasteiger partial charge in [-0.05, 0) is 57.9 Å². The van der Waals surface area contributed by atoms with Gasteiger partial charge in [-0.2, -0.15) is 0 Å². The number of aryl methyl sites for hydroxylation is 1. The van der Waals surface area contributed by atoms with Crippen molar-refractivity contribution in [3.63, 3.8) is 0 Å². The van der Waals surface area contributed by atoms with E-state index in [1.807, 2.05) is 27.7 Å². The van der Waals surface area contributed by atoms with E-state index in [0.29, 0.717) is 24.1 Å². The fourth-order valence-corrected chi connectivity index (χ4v) is 1.92. The van der Waals surface area contributed by atoms with Crippen molar-refractivity contribution in [1.29, 1.82) is 0 Å². The Hall–Kier alpha value is -1.59. The maximum Gasteiger partial charge on any atom is 0.251 e. The van der Waals surface area contributed by atoms with Gasteiger partial charge in [0, 0.05) is 29.8 Å². The van der Waals surface area contributed by atoms with Crippen LogP contribution in [-0.2, 0) is 4.79 Å². The summed E-state index contributed by atoms with van der Waals surface area (Å²) in [6.07, 6.45) is 1.05. The van der Waals surface area contributed by atoms with Crippen molar-refractivity contribution in [2.45, 2.75) is 52.6 Å². The SMILES string of the molecule is Cc1cc(NC(=O)CCC(C)N)ccc1C(=O)NC(C)C.Cl. The molecule has 0 fully saturated rings. The summed E-state index contributed by atoms with van der Waals surface area (Å²) in [6, 6.07) is 5.38. The Labute approximate surface area is 138 Å². The van der Waals surface area contributed by atoms with E-state index in [4.69, 9.17) is 5.73 Å². The van der Waals surface area contributed by atoms with Crippen molar-refractivity contribution in [2.75, 3.05) is 5.32 Å². The molecule has 1 rings (SSSR count). The molecule has 6 heteroatoms. The molecule has 124 valence electrons. The molecule has 1 aromatic rings. The maximum absolute atomic E-state index is 12.0. The predicted molar refractivity (Wildman–Crippen MR) is 92.5 cm³/mol. The van der Waals surface area contributed by atoms with Gasteiger partial charge in [0.25, 0.3) is 5.91 Å². The number of hydrogen-bond acceptors (Lipinski definition) is 3. The highest BCUT2D eigenvalue weighted by molar-refractivity contribution is 5.97. The summed E-state index contributed by atoms with van der Waals surface area (Å²) >= 11 is 0. The highest BCUT2D eigenvalue weighted by Gasteiger charge is 2.11. The van der Waals surface area contributed by atoms with Crippen LogP contribution in [0.4, 0.5) is 5.69 Å². The summed E-state index contributed by atoms with van der Waals surface area (Å²) in [5.74, 6) is -0.164. The van der Waals surface area contributed by atoms with Crippen LogP contribution < -0.4 is 16.4 Å². The van der Waals surface area contributed by atoms with Crippen molar-refractivity contribution < 1.29 is 9.59 Å². The van der Waals surface area contributed by atoms with E-state index in [1.165, 1.54) is 0 Å². The number of benzene rings is 1. The summed E-state index contributed by atoms with van der Waals surface area (Å²) < 4.78 is 0. The molecule has 0 aliphatic heterocycles. The molecule has 0 aliphatic carbocycles. The van der Waals surface area contributed by atoms with E-state index in [2.05, 4.69) is 10.6 Å². The number of rotatable bonds is 6. The van der Waals surface area contributed by atoms with Gasteiger partial charge < -0.3 is 16.4 Å². The maximum atomic E-state index is 12.0. The molecule has 0 aliphatic rings. The Morgan fingerprint density at radius 3 is 2.36 bits per heavy atom. The number of halogens is 1. The first kappa shape index (κ1) is 20.4. The van der Waals surface area contributed by atoms with Crippen molar-refractivity contribution in [3.05, 3.63) is 29.3 Å². The number of carbonyl (C=O) groups is 2. The Kier molecular flexibility index (Phi) is 8.75. The molecule has 0 saturated heterocycles. The summed E-state index contributed by atoms with van der Waals surface area (Å²) in [5, 5.41) is 5.67. The number of carbonyl (C=O) groups excluding carboxylic acids is 2. The Bertz CT molecular complexity index is 516. The molecular formula is C16H26ClN3O2. The van der Waals surface area contributed by atoms with Gasteiger partial charge >= 0.3 is 0 Å². The Morgan fingerprint density at radius 2 is 1.86 bits per heavy atom. The summed E-state index contributed by atoms with van der Waals surface area (Å²) in [6.45, 7) is 7.56. The van der Waals surface area contributed by atoms with E-state index in [9.17, 15) is 9.59 Å². The zero-order valence-corrected chi connectivity index (χ0v) is 14.4. The third kappa shape index (κ3) is 6.91. The number of nitrogens with two attached hydrogens (primary N) is 1. The van der Waals surface area contributed by atoms with Gasteiger partial charge in [0.2, 0.25) is 5.91 Å². The molecule has 0 saturated carbocycles. The average Bonchev–Trinajstić information content (AvgIpc) is 2.35. The van der Waals surface area contributed by atoms with Gasteiger partial charge in [0.15, 0.2) is 0 Å². The lowest BCUT2D eigenvalue weighted by atomic mass is 10.1. The van der Waals surface area contributed by atoms with Crippen molar-refractivity contribution in [2.24, 2.45) is 5.73 Å². The normalized spacial score (nSPS) is 11.5. The zero-order valence-electron chi connectivity index (χ0n) is 13.6. The molecule has 2 amide bonds. The molecule has 22 heavy (non-hydrogen) atoms. The fourth-order valence-electron chi connectivity index (χ4n) is 1.92. The van der Waals surface area contributed by atoms with Gasteiger partial charge in [-0.1, -0.05) is 0 Å². The zero-order chi connectivity index (χ0) is 16.0. The van der Waals surface area contributed by atoms with Crippen LogP contribution in [0.15, 0.2) is 18.2 Å². The quantitative estimate of drug-likeness (QED) is 0.751. The van der Waals surface area contributed by atoms with E-state index in [0.717, 1.165) is 5.56 Å². The standard InChI is InChI=1S/C16H25N3O2.ClH/c1-10(2)18-16(21)14-7-6-13(9-11(14)3)19-15(20)8-5-12(4)17;/h6-7,9-10,12H,5,8,17H2,1-4H3,(H,18,21)(H,19,20);1H. The molecule has 5 nitrogen and oxygen atoms in total. The lowest BCUT2D eigenvalue weighted by molar-refractivity contribution is -0.116. The minimum absolute atomic E-state index is 0. The van der Waals surface area contributed by atoms with Crippen LogP contribution in [0.3, 0.4) is 0 Å². The van der Waals surface area contributed by atoms with Gasteiger partial charge in [-0.3, -0.25) is 9.59 Å². The number of amides is 2. The molecule has 1 atom stereocenters. The second-order valence-corrected chi connectivity index (χ2v) is 5.72. The minimum atomic E-state index is -0.0997. The Balaban J connectivity index is 0.00000441. The molecule has 4 N–H and O–H groups in total. The van der Waals surface area contributed by atoms with Gasteiger partial charge in [0.05, 0.1) is 0 Å². The van der Waals surface area contributed by atoms with Gasteiger partial charge in [0.1, 0.15) is 0 Å². The van der Waals surface area contributed by atoms with Crippen LogP contribution in [0.25, 0.3) is 0 Å². The lowest BCUT2D eigenvalue weighted by Gasteiger charge is -2.12. The van der Waals surface area contributed by atoms with E-state index < -0.39 is 0 Å². The Morgan fingerprint density at radius 1 is 1.23 bits per heavy atom. The number of nitrogens with one attached hydrogen (secondary N) is 2. The van der Waals surface area contributed by atoms with Crippen LogP contribution in [0.1, 0.15) is 49.5 Å². The highest BCUT2D eigenvalue weighted by atomic mass is 35.5. The largest absolute Gasteiger partial charge is 0.350 e. The molecular weight excluding hydrogens is 302 g/mol. The second-order valence-electron chi connectivity index (χ2n) is 5.72. The van der Waals surface area contributed by atoms with E-state index in [1.54, 1.807) is 18.2 Å². The molecule has 0 heterocycles. The van der Waals surface area contributed by atoms with Crippen molar-refractivity contribution in [1.82, 2.24) is 5.32 Å². The van der Waals surface area contributed by atoms with Gasteiger partial charge in [-0.15, -0.1) is 12.4 Å². The van der Waals surface area contributed by atoms with E-state index in [-0.39, 0.29) is 36.3 Å². The number of hydrogen-bond donors (Lipinski definition) is 3. The van der Waals surface area contributed by atoms with Crippen LogP contribution >= 0.6 is 12.4 Å². The smallest absolute Gasteiger partial charge is 0.251 e. The highest BCUT2D eigenvalue weighted by Crippen LogP contribution is 2.16. The number of anilines is 1. The van der Waals surface area contributed by atoms with Crippen LogP contribution in [-0.4, -0.2) is 23.9 Å². The first-order valence-corrected chi connectivity index (χ1v) is 7.26. The van der Waals surface area contributed by atoms with Crippen LogP contribution in [0.5, 0.6) is 0 Å². The molecule has 0 radical (unpaired) electrons. The summed E-state index contributed by atoms with van der Waals surface area (Å²) in [5.41, 5.74) is 7.78. The van der Waals surface area contributed by atoms with E-state index >= 15 is 0 Å². The third-order valence-electron chi connectivity index (χ3n) is 3.00. The van der Waals surface area contributed by atoms with Crippen molar-refractivity contribution in [3.8, 4) is 0 Å². The first-order chi connectivity index (χ1) is 9.79. The predicted octanol–water partition coefficient (Wildman–Crippen LogP) is 2.62. The first-order valence-electron chi connectivity index (χ1n) is 7.26.